The first-order valence-corrected chi connectivity index (χ1v) is 14.1. The van der Waals surface area contributed by atoms with Crippen LogP contribution in [0, 0.1) is 26.7 Å². The predicted molar refractivity (Wildman–Crippen MR) is 184 cm³/mol. The van der Waals surface area contributed by atoms with Gasteiger partial charge in [0.2, 0.25) is 0 Å². The first-order valence-electron chi connectivity index (χ1n) is 14.1. The number of hydrogen-bond donors (Lipinski definition) is 2. The van der Waals surface area contributed by atoms with E-state index in [2.05, 4.69) is 131 Å². The molecule has 2 N–H and O–H groups in total. The largest absolute Gasteiger partial charge is 0.389 e. The molecule has 2 aromatic rings. The Bertz CT molecular complexity index is 1040. The monoisotopic (exact) mass is 544 g/mol. The lowest BCUT2D eigenvalue weighted by Crippen LogP contribution is -2.15. The molecule has 0 aromatic heterocycles. The Balaban J connectivity index is -0.000000753. The number of terminal acetylenes is 1. The molecule has 0 saturated carbocycles. The molecule has 4 heteroatoms. The molecule has 0 unspecified atom stereocenters. The normalized spacial score (nSPS) is 11.1. The number of hydrogen-bond acceptors (Lipinski definition) is 4. The Morgan fingerprint density at radius 2 is 1.52 bits per heavy atom. The molecule has 40 heavy (non-hydrogen) atoms. The number of nitrogens with one attached hydrogen (secondary N) is 2. The Morgan fingerprint density at radius 1 is 0.950 bits per heavy atom. The van der Waals surface area contributed by atoms with Crippen LogP contribution in [-0.2, 0) is 6.42 Å². The number of allylic oxidation sites excluding steroid dienone is 4. The summed E-state index contributed by atoms with van der Waals surface area (Å²) in [5.41, 5.74) is 9.01. The van der Waals surface area contributed by atoms with Gasteiger partial charge in [-0.2, -0.15) is 0 Å². The minimum atomic E-state index is 0.906. The van der Waals surface area contributed by atoms with Crippen LogP contribution in [0.1, 0.15) is 76.6 Å². The third-order valence-electron chi connectivity index (χ3n) is 5.44. The van der Waals surface area contributed by atoms with Gasteiger partial charge < -0.3 is 10.6 Å². The number of nitrogens with zero attached hydrogens (tertiary/aromatic N) is 2. The summed E-state index contributed by atoms with van der Waals surface area (Å²) in [5.74, 6) is 0. The fraction of sp³-hybridized carbons (Fsp3) is 0.389. The van der Waals surface area contributed by atoms with Crippen LogP contribution < -0.4 is 10.6 Å². The number of unbranched alkanes of at least 4 members (excludes halogenated alkanes) is 1. The van der Waals surface area contributed by atoms with E-state index in [0.717, 1.165) is 47.8 Å². The molecule has 0 heterocycles. The fourth-order valence-electron chi connectivity index (χ4n) is 3.28. The zero-order valence-corrected chi connectivity index (χ0v) is 27.1. The van der Waals surface area contributed by atoms with E-state index in [1.165, 1.54) is 23.1 Å². The highest BCUT2D eigenvalue weighted by Crippen LogP contribution is 2.14. The molecule has 0 aliphatic heterocycles. The minimum absolute atomic E-state index is 0.906. The molecule has 0 aliphatic rings. The van der Waals surface area contributed by atoms with Gasteiger partial charge in [-0.25, -0.2) is 0 Å². The summed E-state index contributed by atoms with van der Waals surface area (Å²) in [5, 5.41) is 6.62. The van der Waals surface area contributed by atoms with Crippen LogP contribution in [0.3, 0.4) is 0 Å². The van der Waals surface area contributed by atoms with Crippen molar-refractivity contribution in [1.82, 2.24) is 10.6 Å². The van der Waals surface area contributed by atoms with E-state index < -0.39 is 0 Å². The van der Waals surface area contributed by atoms with E-state index in [0.29, 0.717) is 0 Å². The van der Waals surface area contributed by atoms with E-state index in [1.54, 1.807) is 13.3 Å². The summed E-state index contributed by atoms with van der Waals surface area (Å²) in [6, 6.07) is 17.0. The Hall–Kier alpha value is -3.84. The molecule has 220 valence electrons. The highest BCUT2D eigenvalue weighted by atomic mass is 14.9. The SMILES string of the molecule is C#C.C=C.CC.CCCCN/C(C)=C/C(=N/C(C)=C(/C=NC)NC)c1ccccc1C.CCc1ccc(C)cc1. The molecule has 2 rings (SSSR count). The van der Waals surface area contributed by atoms with E-state index in [1.807, 2.05) is 27.8 Å². The van der Waals surface area contributed by atoms with Gasteiger partial charge in [0, 0.05) is 38.1 Å². The molecule has 0 atom stereocenters. The lowest BCUT2D eigenvalue weighted by atomic mass is 10.0. The van der Waals surface area contributed by atoms with Crippen molar-refractivity contribution < 1.29 is 0 Å². The average molecular weight is 545 g/mol. The van der Waals surface area contributed by atoms with Gasteiger partial charge in [-0.1, -0.05) is 88.2 Å². The molecule has 0 radical (unpaired) electrons. The number of aryl methyl sites for hydroxylation is 3. The standard InChI is InChI=1S/C21H32N4.C9H12.C2H6.C2H4.C2H2/c1-7-8-13-24-17(3)14-20(19-12-10-9-11-16(19)2)25-18(4)21(23-6)15-22-5;1-3-9-6-4-8(2)5-7-9;3*1-2/h9-12,14-15,23-24H,7-8,13H2,1-6H3;4-7H,3H2,1-2H3;1-2H3;1-2H2;1-2H/b17-14+,21-18-,22-15?,25-20-;;;;. The van der Waals surface area contributed by atoms with Crippen molar-refractivity contribution in [3.05, 3.63) is 107 Å². The van der Waals surface area contributed by atoms with Crippen molar-refractivity contribution in [2.75, 3.05) is 20.6 Å². The van der Waals surface area contributed by atoms with Crippen LogP contribution in [0.4, 0.5) is 0 Å². The van der Waals surface area contributed by atoms with Crippen molar-refractivity contribution in [1.29, 1.82) is 0 Å². The molecule has 0 spiro atoms. The zero-order chi connectivity index (χ0) is 31.3. The van der Waals surface area contributed by atoms with Gasteiger partial charge in [0.1, 0.15) is 0 Å². The zero-order valence-electron chi connectivity index (χ0n) is 27.1. The van der Waals surface area contributed by atoms with Crippen molar-refractivity contribution in [2.45, 2.75) is 74.7 Å². The Kier molecular flexibility index (Phi) is 28.6. The Morgan fingerprint density at radius 3 is 2.00 bits per heavy atom. The van der Waals surface area contributed by atoms with Crippen molar-refractivity contribution in [3.8, 4) is 12.8 Å². The second-order valence-electron chi connectivity index (χ2n) is 8.40. The Labute approximate surface area is 247 Å². The fourth-order valence-corrected chi connectivity index (χ4v) is 3.28. The predicted octanol–water partition coefficient (Wildman–Crippen LogP) is 8.86. The average Bonchev–Trinajstić information content (AvgIpc) is 2.99. The van der Waals surface area contributed by atoms with Gasteiger partial charge in [0.05, 0.1) is 17.1 Å². The summed E-state index contributed by atoms with van der Waals surface area (Å²) in [4.78, 5) is 8.99. The van der Waals surface area contributed by atoms with E-state index in [-0.39, 0.29) is 0 Å². The smallest absolute Gasteiger partial charge is 0.0734 e. The van der Waals surface area contributed by atoms with Gasteiger partial charge in [0.25, 0.3) is 0 Å². The van der Waals surface area contributed by atoms with Crippen molar-refractivity contribution >= 4 is 11.9 Å². The number of aliphatic imine (C=N–C) groups is 2. The minimum Gasteiger partial charge on any atom is -0.389 e. The van der Waals surface area contributed by atoms with E-state index in [9.17, 15) is 0 Å². The van der Waals surface area contributed by atoms with E-state index in [4.69, 9.17) is 4.99 Å². The summed E-state index contributed by atoms with van der Waals surface area (Å²) >= 11 is 0. The number of benzene rings is 2. The van der Waals surface area contributed by atoms with Crippen LogP contribution in [-0.4, -0.2) is 32.6 Å². The molecule has 0 amide bonds. The molecule has 4 nitrogen and oxygen atoms in total. The second kappa shape index (κ2) is 28.2. The second-order valence-corrected chi connectivity index (χ2v) is 8.40. The molecular weight excluding hydrogens is 488 g/mol. The summed E-state index contributed by atoms with van der Waals surface area (Å²) in [6.07, 6.45) is 15.4. The van der Waals surface area contributed by atoms with Crippen molar-refractivity contribution in [3.63, 3.8) is 0 Å². The first-order chi connectivity index (χ1) is 19.4. The molecule has 0 saturated heterocycles. The molecule has 0 aliphatic carbocycles. The maximum Gasteiger partial charge on any atom is 0.0734 e. The summed E-state index contributed by atoms with van der Waals surface area (Å²) in [7, 11) is 3.65. The van der Waals surface area contributed by atoms with Crippen molar-refractivity contribution in [2.24, 2.45) is 9.98 Å². The van der Waals surface area contributed by atoms with Crippen LogP contribution in [0.15, 0.2) is 94.8 Å². The summed E-state index contributed by atoms with van der Waals surface area (Å²) in [6.45, 7) is 23.7. The van der Waals surface area contributed by atoms with Gasteiger partial charge in [-0.3, -0.25) is 9.98 Å². The van der Waals surface area contributed by atoms with Crippen LogP contribution in [0.25, 0.3) is 0 Å². The maximum atomic E-state index is 4.89. The quantitative estimate of drug-likeness (QED) is 0.136. The van der Waals surface area contributed by atoms with Gasteiger partial charge >= 0.3 is 0 Å². The molecule has 0 bridgehead atoms. The number of rotatable bonds is 10. The topological polar surface area (TPSA) is 48.8 Å². The van der Waals surface area contributed by atoms with Crippen LogP contribution >= 0.6 is 0 Å². The van der Waals surface area contributed by atoms with Gasteiger partial charge in [-0.15, -0.1) is 26.0 Å². The van der Waals surface area contributed by atoms with Crippen LogP contribution in [0.2, 0.25) is 0 Å². The molecule has 0 fully saturated rings. The molecule has 2 aromatic carbocycles. The summed E-state index contributed by atoms with van der Waals surface area (Å²) < 4.78 is 0. The van der Waals surface area contributed by atoms with Gasteiger partial charge in [0.15, 0.2) is 0 Å². The highest BCUT2D eigenvalue weighted by Gasteiger charge is 2.07. The first kappa shape index (κ1) is 40.7. The lowest BCUT2D eigenvalue weighted by Gasteiger charge is -2.11. The van der Waals surface area contributed by atoms with E-state index >= 15 is 0 Å². The maximum absolute atomic E-state index is 4.89. The van der Waals surface area contributed by atoms with Crippen LogP contribution in [0.5, 0.6) is 0 Å². The lowest BCUT2D eigenvalue weighted by molar-refractivity contribution is 0.711. The third kappa shape index (κ3) is 18.4. The molecular formula is C36H56N4. The third-order valence-corrected chi connectivity index (χ3v) is 5.44. The highest BCUT2D eigenvalue weighted by molar-refractivity contribution is 6.10. The van der Waals surface area contributed by atoms with Gasteiger partial charge in [-0.05, 0) is 57.7 Å².